The van der Waals surface area contributed by atoms with Gasteiger partial charge in [0, 0.05) is 106 Å². The topological polar surface area (TPSA) is 276 Å². The second-order valence-corrected chi connectivity index (χ2v) is 19.3. The molecule has 16 heteroatoms. The Morgan fingerprint density at radius 3 is 1.77 bits per heavy atom. The summed E-state index contributed by atoms with van der Waals surface area (Å²) < 4.78 is 0. The zero-order valence-corrected chi connectivity index (χ0v) is 36.7. The molecule has 5 heterocycles. The Morgan fingerprint density at radius 2 is 1.25 bits per heavy atom. The van der Waals surface area contributed by atoms with Crippen LogP contribution in [0.5, 0.6) is 0 Å². The standard InChI is InChI=1S/C45H64N4O12/c1-23-36-26(11-14-32(54)55)41(3,4)30(47-36)20-29-25(10-13-31(52)53)43(6,21-34(58)59)39(46-29)24(2)37-27(12-15-33(56)57)44(7,22-35(60)61)45(8,49-37)40-28(16-19-51)42(5,17-9-18-50)38(23)48-40/h20,25-28,40,46,50-51H,9-19,21-22H2,1-8H3,(H,52,53)(H,54,55)(H,56,57)(H,58,59)(H,60,61). The number of hydrogen-bond donors (Lipinski definition) is 8. The van der Waals surface area contributed by atoms with E-state index in [0.717, 1.165) is 0 Å². The van der Waals surface area contributed by atoms with Crippen molar-refractivity contribution in [1.29, 1.82) is 0 Å². The van der Waals surface area contributed by atoms with Crippen LogP contribution in [0.3, 0.4) is 0 Å². The molecule has 0 aromatic carbocycles. The lowest BCUT2D eigenvalue weighted by molar-refractivity contribution is -0.142. The van der Waals surface area contributed by atoms with E-state index in [1.165, 1.54) is 0 Å². The Hall–Kier alpha value is -4.70. The number of carboxylic acids is 5. The highest BCUT2D eigenvalue weighted by Gasteiger charge is 2.66. The number of aliphatic imine (C=N–C) groups is 3. The minimum absolute atomic E-state index is 0.00594. The first-order valence-electron chi connectivity index (χ1n) is 21.3. The summed E-state index contributed by atoms with van der Waals surface area (Å²) in [7, 11) is 0. The van der Waals surface area contributed by atoms with E-state index < -0.39 is 99.6 Å². The molecule has 8 bridgehead atoms. The number of aliphatic carboxylic acids is 5. The van der Waals surface area contributed by atoms with Crippen LogP contribution in [-0.4, -0.2) is 108 Å². The first kappa shape index (κ1) is 47.4. The highest BCUT2D eigenvalue weighted by Crippen LogP contribution is 2.62. The van der Waals surface area contributed by atoms with Crippen molar-refractivity contribution < 1.29 is 59.7 Å². The minimum atomic E-state index is -1.37. The molecule has 9 atom stereocenters. The summed E-state index contributed by atoms with van der Waals surface area (Å²) in [4.78, 5) is 78.8. The third-order valence-electron chi connectivity index (χ3n) is 15.3. The molecule has 5 rings (SSSR count). The van der Waals surface area contributed by atoms with Crippen molar-refractivity contribution in [1.82, 2.24) is 5.32 Å². The zero-order chi connectivity index (χ0) is 45.6. The SMILES string of the molecule is CC1=C2N=C(C=C3NC(=C(C)C4=NC(C)(C5N=C1C(C)(CCCO)C5CCO)C(C)(CC(=O)O)C4CCC(=O)O)C(C)(CC(=O)O)C3CCC(=O)O)C(C)(C)C2CCC(=O)O. The number of rotatable bonds is 18. The smallest absolute Gasteiger partial charge is 0.304 e. The van der Waals surface area contributed by atoms with Crippen LogP contribution in [0.4, 0.5) is 0 Å². The Balaban J connectivity index is 2.01. The number of nitrogens with zero attached hydrogens (tertiary/aromatic N) is 3. The van der Waals surface area contributed by atoms with Gasteiger partial charge in [0.1, 0.15) is 0 Å². The molecule has 0 aromatic rings. The summed E-state index contributed by atoms with van der Waals surface area (Å²) in [6, 6.07) is -0.791. The average Bonchev–Trinajstić information content (AvgIpc) is 3.75. The second-order valence-electron chi connectivity index (χ2n) is 19.3. The maximum atomic E-state index is 13.1. The fourth-order valence-corrected chi connectivity index (χ4v) is 11.9. The van der Waals surface area contributed by atoms with Crippen molar-refractivity contribution in [3.8, 4) is 0 Å². The monoisotopic (exact) mass is 852 g/mol. The van der Waals surface area contributed by atoms with E-state index in [-0.39, 0.29) is 58.2 Å². The normalized spacial score (nSPS) is 33.9. The summed E-state index contributed by atoms with van der Waals surface area (Å²) in [5, 5.41) is 75.5. The molecule has 0 aromatic heterocycles. The maximum absolute atomic E-state index is 13.1. The van der Waals surface area contributed by atoms with E-state index in [2.05, 4.69) is 5.32 Å². The minimum Gasteiger partial charge on any atom is -0.481 e. The van der Waals surface area contributed by atoms with E-state index in [0.29, 0.717) is 58.2 Å². The fourth-order valence-electron chi connectivity index (χ4n) is 11.9. The molecule has 5 aliphatic rings. The molecule has 8 N–H and O–H groups in total. The van der Waals surface area contributed by atoms with Crippen molar-refractivity contribution in [2.24, 2.45) is 60.3 Å². The molecule has 1 fully saturated rings. The number of fused-ring (bicyclic) bond motifs is 6. The number of aliphatic hydroxyl groups is 2. The van der Waals surface area contributed by atoms with Gasteiger partial charge in [0.25, 0.3) is 0 Å². The molecule has 61 heavy (non-hydrogen) atoms. The molecule has 5 aliphatic heterocycles. The molecule has 1 saturated heterocycles. The van der Waals surface area contributed by atoms with Crippen LogP contribution in [-0.2, 0) is 24.0 Å². The van der Waals surface area contributed by atoms with Crippen LogP contribution in [0.2, 0.25) is 0 Å². The van der Waals surface area contributed by atoms with Crippen LogP contribution >= 0.6 is 0 Å². The Labute approximate surface area is 356 Å². The molecule has 9 unspecified atom stereocenters. The fraction of sp³-hybridized carbons (Fsp3) is 0.689. The van der Waals surface area contributed by atoms with Gasteiger partial charge in [-0.3, -0.25) is 38.9 Å². The van der Waals surface area contributed by atoms with Gasteiger partial charge < -0.3 is 41.1 Å². The van der Waals surface area contributed by atoms with Gasteiger partial charge in [0.2, 0.25) is 0 Å². The quantitative estimate of drug-likeness (QED) is 0.0819. The van der Waals surface area contributed by atoms with Gasteiger partial charge in [0.15, 0.2) is 0 Å². The maximum Gasteiger partial charge on any atom is 0.304 e. The number of nitrogens with one attached hydrogen (secondary N) is 1. The van der Waals surface area contributed by atoms with Crippen molar-refractivity contribution in [2.45, 2.75) is 138 Å². The third-order valence-corrected chi connectivity index (χ3v) is 15.3. The van der Waals surface area contributed by atoms with Crippen molar-refractivity contribution in [3.63, 3.8) is 0 Å². The summed E-state index contributed by atoms with van der Waals surface area (Å²) in [5.74, 6) is -7.85. The van der Waals surface area contributed by atoms with Gasteiger partial charge in [-0.1, -0.05) is 34.6 Å². The van der Waals surface area contributed by atoms with Crippen LogP contribution in [0.15, 0.2) is 49.3 Å². The highest BCUT2D eigenvalue weighted by atomic mass is 16.4. The van der Waals surface area contributed by atoms with E-state index in [9.17, 15) is 59.7 Å². The summed E-state index contributed by atoms with van der Waals surface area (Å²) in [5.41, 5.74) is -1.22. The first-order chi connectivity index (χ1) is 28.3. The molecule has 16 nitrogen and oxygen atoms in total. The van der Waals surface area contributed by atoms with Crippen LogP contribution in [0.25, 0.3) is 0 Å². The van der Waals surface area contributed by atoms with Gasteiger partial charge in [-0.15, -0.1) is 0 Å². The molecule has 0 spiro atoms. The molecule has 0 amide bonds. The van der Waals surface area contributed by atoms with E-state index >= 15 is 0 Å². The predicted octanol–water partition coefficient (Wildman–Crippen LogP) is 5.73. The van der Waals surface area contributed by atoms with Gasteiger partial charge in [-0.05, 0) is 82.4 Å². The Kier molecular flexibility index (Phi) is 13.4. The van der Waals surface area contributed by atoms with Crippen molar-refractivity contribution >= 4 is 47.0 Å². The Bertz CT molecular complexity index is 2050. The largest absolute Gasteiger partial charge is 0.481 e. The first-order valence-corrected chi connectivity index (χ1v) is 21.3. The number of allylic oxidation sites excluding steroid dienone is 6. The van der Waals surface area contributed by atoms with E-state index in [4.69, 9.17) is 15.0 Å². The lowest BCUT2D eigenvalue weighted by Gasteiger charge is -2.48. The van der Waals surface area contributed by atoms with Gasteiger partial charge in [-0.25, -0.2) is 0 Å². The number of carbonyl (C=O) groups is 5. The molecular formula is C45H64N4O12. The molecule has 0 aliphatic carbocycles. The number of hydrogen-bond acceptors (Lipinski definition) is 11. The average molecular weight is 853 g/mol. The van der Waals surface area contributed by atoms with Gasteiger partial charge in [0.05, 0.1) is 24.4 Å². The highest BCUT2D eigenvalue weighted by molar-refractivity contribution is 6.10. The zero-order valence-electron chi connectivity index (χ0n) is 36.7. The van der Waals surface area contributed by atoms with Gasteiger partial charge in [-0.2, -0.15) is 0 Å². The van der Waals surface area contributed by atoms with Crippen LogP contribution in [0, 0.1) is 45.3 Å². The number of aliphatic hydroxyl groups excluding tert-OH is 2. The molecule has 0 saturated carbocycles. The van der Waals surface area contributed by atoms with E-state index in [1.807, 2.05) is 40.7 Å². The van der Waals surface area contributed by atoms with Crippen molar-refractivity contribution in [3.05, 3.63) is 34.3 Å². The molecule has 336 valence electrons. The second kappa shape index (κ2) is 17.2. The molecule has 0 radical (unpaired) electrons. The predicted molar refractivity (Wildman–Crippen MR) is 226 cm³/mol. The summed E-state index contributed by atoms with van der Waals surface area (Å²) in [6.07, 6.45) is 1.45. The van der Waals surface area contributed by atoms with Crippen molar-refractivity contribution in [2.75, 3.05) is 13.2 Å². The van der Waals surface area contributed by atoms with Crippen LogP contribution < -0.4 is 5.32 Å². The van der Waals surface area contributed by atoms with E-state index in [1.54, 1.807) is 20.8 Å². The van der Waals surface area contributed by atoms with Gasteiger partial charge >= 0.3 is 29.8 Å². The summed E-state index contributed by atoms with van der Waals surface area (Å²) >= 11 is 0. The summed E-state index contributed by atoms with van der Waals surface area (Å²) in [6.45, 7) is 14.6. The number of carboxylic acid groups (broad SMARTS) is 5. The third kappa shape index (κ3) is 8.21. The lowest BCUT2D eigenvalue weighted by atomic mass is 9.55. The van der Waals surface area contributed by atoms with Crippen LogP contribution in [0.1, 0.15) is 126 Å². The molecular weight excluding hydrogens is 789 g/mol. The lowest BCUT2D eigenvalue weighted by Crippen LogP contribution is -2.55. The Morgan fingerprint density at radius 1 is 0.689 bits per heavy atom.